The number of carbonyl (C=O) groups is 2. The number of rotatable bonds is 13. The van der Waals surface area contributed by atoms with E-state index in [0.717, 1.165) is 49.3 Å². The van der Waals surface area contributed by atoms with E-state index < -0.39 is 36.3 Å². The van der Waals surface area contributed by atoms with Crippen LogP contribution in [0.3, 0.4) is 0 Å². The third-order valence-corrected chi connectivity index (χ3v) is 7.43. The van der Waals surface area contributed by atoms with Gasteiger partial charge in [0.05, 0.1) is 12.1 Å². The summed E-state index contributed by atoms with van der Waals surface area (Å²) in [6.45, 7) is 2.56. The van der Waals surface area contributed by atoms with Crippen LogP contribution in [0.2, 0.25) is 0 Å². The number of aryl methyl sites for hydroxylation is 1. The molecule has 0 saturated heterocycles. The fraction of sp³-hybridized carbons (Fsp3) is 0.353. The molecule has 2 unspecified atom stereocenters. The highest BCUT2D eigenvalue weighted by atomic mass is 19.3. The summed E-state index contributed by atoms with van der Waals surface area (Å²) in [6.07, 6.45) is -1.69. The molecule has 0 bridgehead atoms. The van der Waals surface area contributed by atoms with Crippen molar-refractivity contribution in [3.8, 4) is 5.75 Å². The number of fused-ring (bicyclic) bond motifs is 1. The number of hydrogen-bond acceptors (Lipinski definition) is 4. The maximum Gasteiger partial charge on any atom is 0.461 e. The van der Waals surface area contributed by atoms with Crippen molar-refractivity contribution in [1.82, 2.24) is 10.6 Å². The summed E-state index contributed by atoms with van der Waals surface area (Å²) < 4.78 is 56.8. The summed E-state index contributed by atoms with van der Waals surface area (Å²) in [5.41, 5.74) is 3.41. The number of allylic oxidation sites excluding steroid dienone is 1. The van der Waals surface area contributed by atoms with Gasteiger partial charge in [-0.25, -0.2) is 0 Å². The summed E-state index contributed by atoms with van der Waals surface area (Å²) in [5, 5.41) is 17.2. The second-order valence-corrected chi connectivity index (χ2v) is 10.7. The summed E-state index contributed by atoms with van der Waals surface area (Å²) in [7, 11) is 0. The van der Waals surface area contributed by atoms with E-state index >= 15 is 0 Å². The number of hydrogen-bond donors (Lipinski definition) is 3. The lowest BCUT2D eigenvalue weighted by Crippen LogP contribution is -2.41. The average molecular weight is 613 g/mol. The van der Waals surface area contributed by atoms with Crippen LogP contribution in [-0.2, 0) is 12.8 Å². The minimum absolute atomic E-state index is 0.0471. The smallest absolute Gasteiger partial charge is 0.428 e. The van der Waals surface area contributed by atoms with Crippen LogP contribution < -0.4 is 15.4 Å². The molecule has 3 aromatic carbocycles. The SMILES string of the molecule is CCCCNC(=O)c1ccc(C(O)C(Cc2cccc(OC(F)(F)C(F)F)c2)NC(=O)c2cccc3c2C=CCCC3)cc1. The lowest BCUT2D eigenvalue weighted by molar-refractivity contribution is -0.253. The molecule has 1 aliphatic carbocycles. The fourth-order valence-corrected chi connectivity index (χ4v) is 5.06. The van der Waals surface area contributed by atoms with Crippen LogP contribution in [0.15, 0.2) is 72.8 Å². The summed E-state index contributed by atoms with van der Waals surface area (Å²) in [4.78, 5) is 26.1. The third-order valence-electron chi connectivity index (χ3n) is 7.43. The van der Waals surface area contributed by atoms with Crippen LogP contribution >= 0.6 is 0 Å². The maximum absolute atomic E-state index is 13.6. The van der Waals surface area contributed by atoms with E-state index in [9.17, 15) is 32.3 Å². The Morgan fingerprint density at radius 2 is 1.77 bits per heavy atom. The predicted molar refractivity (Wildman–Crippen MR) is 160 cm³/mol. The minimum atomic E-state index is -4.69. The van der Waals surface area contributed by atoms with Crippen molar-refractivity contribution in [2.75, 3.05) is 6.54 Å². The number of amides is 2. The molecule has 10 heteroatoms. The van der Waals surface area contributed by atoms with E-state index in [1.165, 1.54) is 12.1 Å². The fourth-order valence-electron chi connectivity index (χ4n) is 5.06. The zero-order chi connectivity index (χ0) is 31.7. The molecule has 2 amide bonds. The zero-order valence-electron chi connectivity index (χ0n) is 24.4. The molecule has 3 aromatic rings. The summed E-state index contributed by atoms with van der Waals surface area (Å²) in [5.74, 6) is -1.18. The first-order chi connectivity index (χ1) is 21.1. The zero-order valence-corrected chi connectivity index (χ0v) is 24.4. The number of carbonyl (C=O) groups excluding carboxylic acids is 2. The van der Waals surface area contributed by atoms with Gasteiger partial charge in [0.1, 0.15) is 5.75 Å². The quantitative estimate of drug-likeness (QED) is 0.145. The second kappa shape index (κ2) is 15.0. The molecule has 234 valence electrons. The lowest BCUT2D eigenvalue weighted by Gasteiger charge is -2.26. The minimum Gasteiger partial charge on any atom is -0.428 e. The molecular formula is C34H36F4N2O4. The molecule has 3 N–H and O–H groups in total. The van der Waals surface area contributed by atoms with E-state index in [-0.39, 0.29) is 12.3 Å². The Bertz CT molecular complexity index is 1460. The van der Waals surface area contributed by atoms with Gasteiger partial charge >= 0.3 is 12.5 Å². The number of benzene rings is 3. The van der Waals surface area contributed by atoms with Crippen molar-refractivity contribution in [2.45, 2.75) is 70.1 Å². The molecular weight excluding hydrogens is 576 g/mol. The number of halogens is 4. The van der Waals surface area contributed by atoms with Gasteiger partial charge in [-0.15, -0.1) is 0 Å². The highest BCUT2D eigenvalue weighted by Crippen LogP contribution is 2.29. The van der Waals surface area contributed by atoms with Crippen LogP contribution in [-0.4, -0.2) is 42.0 Å². The van der Waals surface area contributed by atoms with Gasteiger partial charge in [-0.3, -0.25) is 9.59 Å². The van der Waals surface area contributed by atoms with Crippen LogP contribution in [0.5, 0.6) is 5.75 Å². The van der Waals surface area contributed by atoms with Gasteiger partial charge in [0.25, 0.3) is 11.8 Å². The lowest BCUT2D eigenvalue weighted by atomic mass is 9.94. The first kappa shape index (κ1) is 32.7. The molecule has 1 aliphatic rings. The predicted octanol–water partition coefficient (Wildman–Crippen LogP) is 6.88. The molecule has 4 rings (SSSR count). The molecule has 6 nitrogen and oxygen atoms in total. The van der Waals surface area contributed by atoms with Crippen LogP contribution in [0.4, 0.5) is 17.6 Å². The number of alkyl halides is 4. The van der Waals surface area contributed by atoms with Gasteiger partial charge in [0, 0.05) is 17.7 Å². The highest BCUT2D eigenvalue weighted by molar-refractivity contribution is 5.98. The van der Waals surface area contributed by atoms with Gasteiger partial charge < -0.3 is 20.5 Å². The Kier molecular flexibility index (Phi) is 11.2. The van der Waals surface area contributed by atoms with Crippen molar-refractivity contribution in [3.05, 3.63) is 106 Å². The molecule has 0 radical (unpaired) electrons. The van der Waals surface area contributed by atoms with Crippen molar-refractivity contribution in [3.63, 3.8) is 0 Å². The summed E-state index contributed by atoms with van der Waals surface area (Å²) in [6, 6.07) is 16.0. The van der Waals surface area contributed by atoms with Crippen LogP contribution in [0.25, 0.3) is 6.08 Å². The first-order valence-electron chi connectivity index (χ1n) is 14.7. The summed E-state index contributed by atoms with van der Waals surface area (Å²) >= 11 is 0. The number of nitrogens with one attached hydrogen (secondary N) is 2. The van der Waals surface area contributed by atoms with E-state index in [1.54, 1.807) is 42.5 Å². The number of unbranched alkanes of at least 4 members (excludes halogenated alkanes) is 1. The van der Waals surface area contributed by atoms with Gasteiger partial charge in [-0.05, 0) is 84.7 Å². The molecule has 2 atom stereocenters. The Balaban J connectivity index is 1.61. The molecule has 0 saturated carbocycles. The van der Waals surface area contributed by atoms with Crippen molar-refractivity contribution in [1.29, 1.82) is 0 Å². The molecule has 0 aliphatic heterocycles. The molecule has 44 heavy (non-hydrogen) atoms. The van der Waals surface area contributed by atoms with Crippen LogP contribution in [0, 0.1) is 0 Å². The van der Waals surface area contributed by atoms with E-state index in [0.29, 0.717) is 28.8 Å². The topological polar surface area (TPSA) is 87.7 Å². The van der Waals surface area contributed by atoms with E-state index in [2.05, 4.69) is 15.4 Å². The number of aliphatic hydroxyl groups is 1. The van der Waals surface area contributed by atoms with Crippen molar-refractivity contribution >= 4 is 17.9 Å². The monoisotopic (exact) mass is 612 g/mol. The Hall–Kier alpha value is -4.18. The average Bonchev–Trinajstić information content (AvgIpc) is 3.26. The molecule has 0 fully saturated rings. The van der Waals surface area contributed by atoms with Gasteiger partial charge in [-0.2, -0.15) is 17.6 Å². The molecule has 0 spiro atoms. The van der Waals surface area contributed by atoms with Gasteiger partial charge in [-0.1, -0.05) is 61.9 Å². The maximum atomic E-state index is 13.6. The normalized spacial score (nSPS) is 14.3. The molecule has 0 heterocycles. The Labute approximate surface area is 254 Å². The van der Waals surface area contributed by atoms with Crippen molar-refractivity contribution in [2.24, 2.45) is 0 Å². The number of aliphatic hydroxyl groups excluding tert-OH is 1. The van der Waals surface area contributed by atoms with E-state index in [1.807, 2.05) is 25.1 Å². The molecule has 0 aromatic heterocycles. The highest BCUT2D eigenvalue weighted by Gasteiger charge is 2.44. The first-order valence-corrected chi connectivity index (χ1v) is 14.7. The van der Waals surface area contributed by atoms with Gasteiger partial charge in [0.2, 0.25) is 0 Å². The second-order valence-electron chi connectivity index (χ2n) is 10.7. The standard InChI is InChI=1S/C34H36F4N2O4/c1-2-3-19-39-31(42)25-17-15-24(16-18-25)30(41)29(21-22-9-7-12-26(20-22)44-34(37,38)33(35)36)40-32(43)28-14-8-11-23-10-5-4-6-13-27(23)28/h6-9,11-18,20,29-30,33,41H,2-5,10,19,21H2,1H3,(H,39,42)(H,40,43). The third kappa shape index (κ3) is 8.47. The van der Waals surface area contributed by atoms with Crippen LogP contribution in [0.1, 0.15) is 81.7 Å². The van der Waals surface area contributed by atoms with Crippen molar-refractivity contribution < 1.29 is 37.0 Å². The van der Waals surface area contributed by atoms with E-state index in [4.69, 9.17) is 0 Å². The Morgan fingerprint density at radius 3 is 2.50 bits per heavy atom. The number of ether oxygens (including phenoxy) is 1. The van der Waals surface area contributed by atoms with Gasteiger partial charge in [0.15, 0.2) is 0 Å². The Morgan fingerprint density at radius 1 is 1.02 bits per heavy atom. The largest absolute Gasteiger partial charge is 0.461 e.